The molecular formula is C30H30N2O5. The van der Waals surface area contributed by atoms with Crippen molar-refractivity contribution in [1.29, 1.82) is 0 Å². The monoisotopic (exact) mass is 498 g/mol. The van der Waals surface area contributed by atoms with Gasteiger partial charge in [0.15, 0.2) is 0 Å². The van der Waals surface area contributed by atoms with Crippen LogP contribution >= 0.6 is 0 Å². The lowest BCUT2D eigenvalue weighted by Gasteiger charge is -2.20. The molecule has 0 aromatic heterocycles. The molecule has 0 N–H and O–H groups in total. The number of ether oxygens (including phenoxy) is 3. The third-order valence-electron chi connectivity index (χ3n) is 6.23. The second kappa shape index (κ2) is 11.6. The van der Waals surface area contributed by atoms with Gasteiger partial charge in [-0.15, -0.1) is 0 Å². The van der Waals surface area contributed by atoms with Crippen LogP contribution < -0.4 is 4.74 Å². The molecule has 0 radical (unpaired) electrons. The Kier molecular flexibility index (Phi) is 8.03. The molecule has 3 aromatic rings. The highest BCUT2D eigenvalue weighted by Crippen LogP contribution is 2.33. The van der Waals surface area contributed by atoms with Gasteiger partial charge in [-0.1, -0.05) is 54.1 Å². The first kappa shape index (κ1) is 25.7. The van der Waals surface area contributed by atoms with Gasteiger partial charge in [-0.05, 0) is 53.4 Å². The molecule has 0 bridgehead atoms. The first-order chi connectivity index (χ1) is 17.9. The summed E-state index contributed by atoms with van der Waals surface area (Å²) in [5, 5.41) is 6.20. The maximum atomic E-state index is 12.3. The molecule has 1 aliphatic rings. The fourth-order valence-corrected chi connectivity index (χ4v) is 4.29. The standard InChI is InChI=1S/C30H30N2O5/c1-20-9-11-23(12-10-20)29-17-28(31-32(29)21(2)33)22-13-15-25(16-14-22)37-18-24-7-5-6-8-26(24)27(19-35-3)30(34)36-4/h5-16,19,29H,17-18H2,1-4H3/b27-19+. The van der Waals surface area contributed by atoms with Gasteiger partial charge in [0.1, 0.15) is 17.9 Å². The van der Waals surface area contributed by atoms with Crippen molar-refractivity contribution in [3.05, 3.63) is 107 Å². The summed E-state index contributed by atoms with van der Waals surface area (Å²) in [6.07, 6.45) is 2.01. The number of methoxy groups -OCH3 is 2. The van der Waals surface area contributed by atoms with E-state index in [1.807, 2.05) is 55.5 Å². The first-order valence-electron chi connectivity index (χ1n) is 12.0. The third kappa shape index (κ3) is 5.89. The van der Waals surface area contributed by atoms with Crippen LogP contribution in [0.3, 0.4) is 0 Å². The first-order valence-corrected chi connectivity index (χ1v) is 12.0. The van der Waals surface area contributed by atoms with E-state index in [1.54, 1.807) is 5.01 Å². The Morgan fingerprint density at radius 3 is 2.35 bits per heavy atom. The number of amides is 1. The fourth-order valence-electron chi connectivity index (χ4n) is 4.29. The summed E-state index contributed by atoms with van der Waals surface area (Å²) in [5.74, 6) is 0.0959. The van der Waals surface area contributed by atoms with Crippen molar-refractivity contribution < 1.29 is 23.8 Å². The summed E-state index contributed by atoms with van der Waals surface area (Å²) in [6, 6.07) is 23.2. The number of carbonyl (C=O) groups is 2. The number of benzene rings is 3. The molecule has 0 saturated heterocycles. The number of esters is 1. The highest BCUT2D eigenvalue weighted by molar-refractivity contribution is 6.16. The van der Waals surface area contributed by atoms with Gasteiger partial charge in [0.2, 0.25) is 5.91 Å². The second-order valence-electron chi connectivity index (χ2n) is 8.77. The van der Waals surface area contributed by atoms with Gasteiger partial charge >= 0.3 is 5.97 Å². The molecule has 1 atom stereocenters. The zero-order valence-corrected chi connectivity index (χ0v) is 21.4. The molecule has 0 spiro atoms. The zero-order valence-electron chi connectivity index (χ0n) is 21.4. The van der Waals surface area contributed by atoms with Crippen LogP contribution in [-0.4, -0.2) is 36.8 Å². The van der Waals surface area contributed by atoms with Crippen LogP contribution in [0.15, 0.2) is 84.2 Å². The summed E-state index contributed by atoms with van der Waals surface area (Å²) < 4.78 is 16.0. The van der Waals surface area contributed by atoms with Gasteiger partial charge < -0.3 is 14.2 Å². The van der Waals surface area contributed by atoms with Crippen molar-refractivity contribution in [3.63, 3.8) is 0 Å². The molecule has 3 aromatic carbocycles. The van der Waals surface area contributed by atoms with Crippen LogP contribution in [-0.2, 0) is 25.7 Å². The van der Waals surface area contributed by atoms with E-state index in [4.69, 9.17) is 14.2 Å². The number of nitrogens with zero attached hydrogens (tertiary/aromatic N) is 2. The lowest BCUT2D eigenvalue weighted by Crippen LogP contribution is -2.24. The van der Waals surface area contributed by atoms with E-state index in [1.165, 1.54) is 33.0 Å². The minimum Gasteiger partial charge on any atom is -0.503 e. The SMILES string of the molecule is CO/C=C(/C(=O)OC)c1ccccc1COc1ccc(C2=NN(C(C)=O)C(c3ccc(C)cc3)C2)cc1. The maximum absolute atomic E-state index is 12.3. The number of rotatable bonds is 8. The number of carbonyl (C=O) groups excluding carboxylic acids is 2. The summed E-state index contributed by atoms with van der Waals surface area (Å²) in [6.45, 7) is 3.83. The largest absolute Gasteiger partial charge is 0.503 e. The Hall–Kier alpha value is -4.39. The van der Waals surface area contributed by atoms with Gasteiger partial charge in [-0.2, -0.15) is 5.10 Å². The van der Waals surface area contributed by atoms with Gasteiger partial charge in [-0.25, -0.2) is 9.80 Å². The van der Waals surface area contributed by atoms with E-state index in [0.29, 0.717) is 23.3 Å². The smallest absolute Gasteiger partial charge is 0.341 e. The predicted molar refractivity (Wildman–Crippen MR) is 142 cm³/mol. The normalized spacial score (nSPS) is 15.2. The summed E-state index contributed by atoms with van der Waals surface area (Å²) in [5.41, 5.74) is 5.84. The van der Waals surface area contributed by atoms with Crippen molar-refractivity contribution in [1.82, 2.24) is 5.01 Å². The molecule has 0 saturated carbocycles. The average Bonchev–Trinajstić information content (AvgIpc) is 3.37. The Morgan fingerprint density at radius 2 is 1.70 bits per heavy atom. The molecule has 190 valence electrons. The number of aryl methyl sites for hydroxylation is 1. The molecule has 0 aliphatic carbocycles. The minimum atomic E-state index is -0.487. The Morgan fingerprint density at radius 1 is 1.00 bits per heavy atom. The highest BCUT2D eigenvalue weighted by Gasteiger charge is 2.31. The van der Waals surface area contributed by atoms with E-state index in [9.17, 15) is 9.59 Å². The van der Waals surface area contributed by atoms with E-state index in [0.717, 1.165) is 22.4 Å². The Bertz CT molecular complexity index is 1330. The predicted octanol–water partition coefficient (Wildman–Crippen LogP) is 5.43. The molecule has 1 heterocycles. The quantitative estimate of drug-likeness (QED) is 0.235. The number of hydrogen-bond donors (Lipinski definition) is 0. The van der Waals surface area contributed by atoms with E-state index in [2.05, 4.69) is 29.4 Å². The molecule has 7 heteroatoms. The molecule has 37 heavy (non-hydrogen) atoms. The summed E-state index contributed by atoms with van der Waals surface area (Å²) in [4.78, 5) is 24.5. The molecule has 1 unspecified atom stereocenters. The molecule has 1 amide bonds. The zero-order chi connectivity index (χ0) is 26.4. The number of hydrogen-bond acceptors (Lipinski definition) is 6. The third-order valence-corrected chi connectivity index (χ3v) is 6.23. The van der Waals surface area contributed by atoms with E-state index >= 15 is 0 Å². The fraction of sp³-hybridized carbons (Fsp3) is 0.233. The van der Waals surface area contributed by atoms with Crippen molar-refractivity contribution in [3.8, 4) is 5.75 Å². The topological polar surface area (TPSA) is 77.4 Å². The lowest BCUT2D eigenvalue weighted by atomic mass is 9.97. The van der Waals surface area contributed by atoms with E-state index in [-0.39, 0.29) is 18.6 Å². The number of hydrazone groups is 1. The molecule has 0 fully saturated rings. The average molecular weight is 499 g/mol. The maximum Gasteiger partial charge on any atom is 0.341 e. The van der Waals surface area contributed by atoms with Crippen LogP contribution in [0, 0.1) is 6.92 Å². The van der Waals surface area contributed by atoms with Crippen LogP contribution in [0.2, 0.25) is 0 Å². The Labute approximate surface area is 217 Å². The van der Waals surface area contributed by atoms with E-state index < -0.39 is 5.97 Å². The summed E-state index contributed by atoms with van der Waals surface area (Å²) in [7, 11) is 2.82. The minimum absolute atomic E-state index is 0.0898. The van der Waals surface area contributed by atoms with Crippen LogP contribution in [0.5, 0.6) is 5.75 Å². The molecule has 4 rings (SSSR count). The highest BCUT2D eigenvalue weighted by atomic mass is 16.5. The van der Waals surface area contributed by atoms with Gasteiger partial charge in [0.25, 0.3) is 0 Å². The van der Waals surface area contributed by atoms with Gasteiger partial charge in [-0.3, -0.25) is 4.79 Å². The van der Waals surface area contributed by atoms with Gasteiger partial charge in [0.05, 0.1) is 32.2 Å². The van der Waals surface area contributed by atoms with Crippen molar-refractivity contribution >= 4 is 23.2 Å². The van der Waals surface area contributed by atoms with Crippen molar-refractivity contribution in [2.75, 3.05) is 14.2 Å². The molecule has 1 aliphatic heterocycles. The van der Waals surface area contributed by atoms with Crippen LogP contribution in [0.4, 0.5) is 0 Å². The molecule has 7 nitrogen and oxygen atoms in total. The summed E-state index contributed by atoms with van der Waals surface area (Å²) >= 11 is 0. The van der Waals surface area contributed by atoms with Gasteiger partial charge in [0, 0.05) is 13.3 Å². The lowest BCUT2D eigenvalue weighted by molar-refractivity contribution is -0.134. The Balaban J connectivity index is 1.48. The van der Waals surface area contributed by atoms with Crippen molar-refractivity contribution in [2.45, 2.75) is 32.9 Å². The van der Waals surface area contributed by atoms with Crippen LogP contribution in [0.25, 0.3) is 5.57 Å². The molecular weight excluding hydrogens is 468 g/mol. The second-order valence-corrected chi connectivity index (χ2v) is 8.77. The van der Waals surface area contributed by atoms with Crippen molar-refractivity contribution in [2.24, 2.45) is 5.10 Å². The van der Waals surface area contributed by atoms with Crippen LogP contribution in [0.1, 0.15) is 47.2 Å².